The zero-order valence-electron chi connectivity index (χ0n) is 14.7. The molecule has 1 unspecified atom stereocenters. The summed E-state index contributed by atoms with van der Waals surface area (Å²) in [5, 5.41) is 13.2. The molecular formula is C17H22I2N2O4SV. The van der Waals surface area contributed by atoms with E-state index in [0.717, 1.165) is 11.3 Å². The summed E-state index contributed by atoms with van der Waals surface area (Å²) in [6.45, 7) is 3.86. The van der Waals surface area contributed by atoms with Crippen LogP contribution in [0.2, 0.25) is 0 Å². The van der Waals surface area contributed by atoms with Gasteiger partial charge in [-0.25, -0.2) is 0 Å². The van der Waals surface area contributed by atoms with Gasteiger partial charge in [-0.15, -0.1) is 0 Å². The molecule has 0 heterocycles. The van der Waals surface area contributed by atoms with Crippen molar-refractivity contribution in [1.29, 1.82) is 4.78 Å². The minimum atomic E-state index is -2.61. The topological polar surface area (TPSA) is 99.5 Å². The number of rotatable bonds is 7. The molecule has 2 rings (SSSR count). The number of hydrogen-bond donors (Lipinski definition) is 3. The molecular weight excluding hydrogens is 633 g/mol. The van der Waals surface area contributed by atoms with E-state index < -0.39 is 16.6 Å². The quantitative estimate of drug-likeness (QED) is 0.309. The summed E-state index contributed by atoms with van der Waals surface area (Å²) in [5.74, 6) is 0.869. The molecule has 10 heteroatoms. The molecule has 27 heavy (non-hydrogen) atoms. The molecule has 0 saturated heterocycles. The van der Waals surface area contributed by atoms with Crippen LogP contribution in [0.5, 0.6) is 5.75 Å². The summed E-state index contributed by atoms with van der Waals surface area (Å²) in [6.07, 6.45) is -0.479. The summed E-state index contributed by atoms with van der Waals surface area (Å²) in [7, 11) is -1.98. The van der Waals surface area contributed by atoms with Gasteiger partial charge < -0.3 is 15.2 Å². The van der Waals surface area contributed by atoms with Crippen LogP contribution < -0.4 is 10.1 Å². The summed E-state index contributed by atoms with van der Waals surface area (Å²) >= 11 is 4.74. The number of ether oxygens (including phenoxy) is 1. The summed E-state index contributed by atoms with van der Waals surface area (Å²) in [5.41, 5.74) is 2.14. The van der Waals surface area contributed by atoms with Crippen molar-refractivity contribution in [2.24, 2.45) is 0 Å². The molecule has 2 aromatic rings. The van der Waals surface area contributed by atoms with Crippen LogP contribution in [0.25, 0.3) is 0 Å². The molecule has 0 bridgehead atoms. The minimum absolute atomic E-state index is 0.479. The van der Waals surface area contributed by atoms with Gasteiger partial charge in [-0.05, 0) is 24.6 Å². The van der Waals surface area contributed by atoms with Gasteiger partial charge in [0.15, 0.2) is 0 Å². The van der Waals surface area contributed by atoms with Gasteiger partial charge in [0, 0.05) is 13.1 Å². The monoisotopic (exact) mass is 655 g/mol. The van der Waals surface area contributed by atoms with E-state index in [9.17, 15) is 5.11 Å². The zero-order chi connectivity index (χ0) is 20.5. The van der Waals surface area contributed by atoms with Crippen molar-refractivity contribution in [3.63, 3.8) is 0 Å². The Bertz CT molecular complexity index is 713. The molecule has 0 aliphatic rings. The van der Waals surface area contributed by atoms with Gasteiger partial charge in [-0.2, -0.15) is 13.2 Å². The number of nitrogens with one attached hydrogen (secondary N) is 2. The molecule has 0 spiro atoms. The first kappa shape index (κ1) is 26.8. The van der Waals surface area contributed by atoms with Crippen molar-refractivity contribution < 1.29 is 27.7 Å². The third-order valence-corrected chi connectivity index (χ3v) is 3.09. The maximum absolute atomic E-state index is 10.0. The van der Waals surface area contributed by atoms with Gasteiger partial charge in [0.1, 0.15) is 12.4 Å². The second-order valence-electron chi connectivity index (χ2n) is 5.09. The van der Waals surface area contributed by atoms with E-state index in [4.69, 9.17) is 17.9 Å². The number of aryl methyl sites for hydroxylation is 1. The Hall–Kier alpha value is -0.176. The molecule has 0 radical (unpaired) electrons. The second kappa shape index (κ2) is 17.9. The normalized spacial score (nSPS) is 10.4. The average molecular weight is 655 g/mol. The number of benzene rings is 2. The molecule has 6 nitrogen and oxygen atoms in total. The van der Waals surface area contributed by atoms with Crippen molar-refractivity contribution in [2.45, 2.75) is 13.0 Å². The summed E-state index contributed by atoms with van der Waals surface area (Å²) in [6, 6.07) is 17.7. The fourth-order valence-electron chi connectivity index (χ4n) is 1.90. The van der Waals surface area contributed by atoms with Crippen molar-refractivity contribution in [1.82, 2.24) is 5.32 Å². The average Bonchev–Trinajstić information content (AvgIpc) is 2.63. The molecule has 0 aromatic heterocycles. The Balaban J connectivity index is 0.000000836. The Morgan fingerprint density at radius 2 is 1.67 bits per heavy atom. The molecule has 0 saturated carbocycles. The third kappa shape index (κ3) is 16.5. The molecule has 0 aliphatic heterocycles. The number of para-hydroxylation sites is 1. The van der Waals surface area contributed by atoms with Crippen LogP contribution >= 0.6 is 40.0 Å². The van der Waals surface area contributed by atoms with Crippen LogP contribution in [0.15, 0.2) is 54.6 Å². The van der Waals surface area contributed by atoms with E-state index in [2.05, 4.69) is 45.3 Å². The number of halogens is 2. The van der Waals surface area contributed by atoms with Crippen molar-refractivity contribution in [3.8, 4) is 5.75 Å². The first-order valence-corrected chi connectivity index (χ1v) is 17.8. The third-order valence-electron chi connectivity index (χ3n) is 3.09. The van der Waals surface area contributed by atoms with E-state index in [0.29, 0.717) is 29.2 Å². The first-order valence-electron chi connectivity index (χ1n) is 7.76. The molecule has 0 aliphatic carbocycles. The van der Waals surface area contributed by atoms with Crippen LogP contribution in [0.1, 0.15) is 17.2 Å². The summed E-state index contributed by atoms with van der Waals surface area (Å²) in [4.78, 5) is 0. The van der Waals surface area contributed by atoms with Crippen molar-refractivity contribution in [2.75, 3.05) is 19.7 Å². The number of hydrogen-bond acceptors (Lipinski definition) is 6. The van der Waals surface area contributed by atoms with Gasteiger partial charge >= 0.3 is 59.9 Å². The van der Waals surface area contributed by atoms with Gasteiger partial charge in [0.25, 0.3) is 0 Å². The Labute approximate surface area is 190 Å². The molecule has 3 N–H and O–H groups in total. The number of aliphatic hydroxyl groups is 1. The molecule has 0 amide bonds. The van der Waals surface area contributed by atoms with Gasteiger partial charge in [0.05, 0.1) is 6.10 Å². The standard InChI is InChI=1S/C17H21NO2.2HI.HNO2S.V/c1-14-7-9-15(10-8-14)17(19)13-18-11-12-20-16-5-3-2-4-6-16;;;1-4(2)3;/h2-10,17-19H,11-13H2,1H3;2*1H;1H;/q;;;;+2/p-2. The maximum atomic E-state index is 10.0. The fourth-order valence-corrected chi connectivity index (χ4v) is 1.90. The molecule has 2 aromatic carbocycles. The Morgan fingerprint density at radius 1 is 1.15 bits per heavy atom. The second-order valence-corrected chi connectivity index (χ2v) is 17.3. The van der Waals surface area contributed by atoms with E-state index >= 15 is 0 Å². The van der Waals surface area contributed by atoms with Crippen LogP contribution in [0, 0.1) is 11.7 Å². The molecule has 0 fully saturated rings. The van der Waals surface area contributed by atoms with Gasteiger partial charge in [0.2, 0.25) is 0 Å². The summed E-state index contributed by atoms with van der Waals surface area (Å²) < 4.78 is 28.4. The predicted octanol–water partition coefficient (Wildman–Crippen LogP) is 4.09. The zero-order valence-corrected chi connectivity index (χ0v) is 21.2. The SMILES string of the molecule is Cc1ccc(C(O)CNCCOc2ccccc2)cc1.N=S(=O)=O.[I][V][I]. The van der Waals surface area contributed by atoms with E-state index in [1.54, 1.807) is 0 Å². The van der Waals surface area contributed by atoms with Gasteiger partial charge in [-0.1, -0.05) is 48.0 Å². The van der Waals surface area contributed by atoms with Crippen molar-refractivity contribution in [3.05, 3.63) is 65.7 Å². The molecule has 1 atom stereocenters. The van der Waals surface area contributed by atoms with Crippen LogP contribution in [-0.2, 0) is 20.0 Å². The van der Waals surface area contributed by atoms with Crippen molar-refractivity contribution >= 4 is 50.5 Å². The van der Waals surface area contributed by atoms with Gasteiger partial charge in [-0.3, -0.25) is 0 Å². The molecule has 149 valence electrons. The van der Waals surface area contributed by atoms with Crippen LogP contribution in [0.4, 0.5) is 0 Å². The Kier molecular flexibility index (Phi) is 17.8. The Morgan fingerprint density at radius 3 is 2.19 bits per heavy atom. The van der Waals surface area contributed by atoms with E-state index in [1.165, 1.54) is 5.56 Å². The van der Waals surface area contributed by atoms with Crippen LogP contribution in [0.3, 0.4) is 0 Å². The number of aliphatic hydroxyl groups excluding tert-OH is 1. The van der Waals surface area contributed by atoms with Crippen LogP contribution in [-0.4, -0.2) is 33.2 Å². The van der Waals surface area contributed by atoms with E-state index in [-0.39, 0.29) is 0 Å². The predicted molar refractivity (Wildman–Crippen MR) is 121 cm³/mol. The van der Waals surface area contributed by atoms with E-state index in [1.807, 2.05) is 61.5 Å². The fraction of sp³-hybridized carbons (Fsp3) is 0.294. The first-order chi connectivity index (χ1) is 12.9.